The number of amides is 1. The van der Waals surface area contributed by atoms with Gasteiger partial charge in [-0.05, 0) is 43.7 Å². The average Bonchev–Trinajstić information content (AvgIpc) is 2.49. The van der Waals surface area contributed by atoms with E-state index in [-0.39, 0.29) is 11.7 Å². The normalized spacial score (nSPS) is 10.6. The second-order valence-electron chi connectivity index (χ2n) is 5.30. The molecule has 0 saturated carbocycles. The molecule has 0 aliphatic rings. The molecule has 0 aliphatic carbocycles. The predicted octanol–water partition coefficient (Wildman–Crippen LogP) is 3.81. The minimum atomic E-state index is -0.263. The van der Waals surface area contributed by atoms with Crippen LogP contribution in [-0.4, -0.2) is 16.0 Å². The number of fused-ring (bicyclic) bond motifs is 1. The van der Waals surface area contributed by atoms with Crippen LogP contribution in [0, 0.1) is 13.8 Å². The standard InChI is InChI=1S/C18H16N2O2/c1-11-7-8-16(17(21)9-11)20-18(22)14-10-12(2)19-15-6-4-3-5-13(14)15/h3-10,21H,1-2H3,(H,20,22). The summed E-state index contributed by atoms with van der Waals surface area (Å²) in [6.07, 6.45) is 0. The van der Waals surface area contributed by atoms with Crippen LogP contribution < -0.4 is 5.32 Å². The van der Waals surface area contributed by atoms with Crippen molar-refractivity contribution in [1.82, 2.24) is 4.98 Å². The van der Waals surface area contributed by atoms with E-state index in [4.69, 9.17) is 0 Å². The Bertz CT molecular complexity index is 872. The Labute approximate surface area is 128 Å². The molecule has 0 bridgehead atoms. The van der Waals surface area contributed by atoms with Crippen molar-refractivity contribution in [2.75, 3.05) is 5.32 Å². The second-order valence-corrected chi connectivity index (χ2v) is 5.30. The summed E-state index contributed by atoms with van der Waals surface area (Å²) >= 11 is 0. The zero-order valence-corrected chi connectivity index (χ0v) is 12.4. The summed E-state index contributed by atoms with van der Waals surface area (Å²) in [5.41, 5.74) is 3.43. The first-order valence-corrected chi connectivity index (χ1v) is 7.02. The van der Waals surface area contributed by atoms with Crippen LogP contribution in [0.15, 0.2) is 48.5 Å². The van der Waals surface area contributed by atoms with Crippen LogP contribution in [0.2, 0.25) is 0 Å². The highest BCUT2D eigenvalue weighted by Crippen LogP contribution is 2.26. The van der Waals surface area contributed by atoms with Crippen molar-refractivity contribution in [3.8, 4) is 5.75 Å². The van der Waals surface area contributed by atoms with Gasteiger partial charge in [0, 0.05) is 11.1 Å². The molecule has 2 aromatic carbocycles. The fourth-order valence-electron chi connectivity index (χ4n) is 2.43. The fourth-order valence-corrected chi connectivity index (χ4v) is 2.43. The minimum Gasteiger partial charge on any atom is -0.506 e. The van der Waals surface area contributed by atoms with Crippen LogP contribution in [0.25, 0.3) is 10.9 Å². The van der Waals surface area contributed by atoms with Crippen LogP contribution >= 0.6 is 0 Å². The average molecular weight is 292 g/mol. The molecule has 110 valence electrons. The van der Waals surface area contributed by atoms with Gasteiger partial charge in [0.15, 0.2) is 0 Å². The van der Waals surface area contributed by atoms with E-state index in [1.54, 1.807) is 18.2 Å². The first-order chi connectivity index (χ1) is 10.5. The van der Waals surface area contributed by atoms with E-state index in [1.165, 1.54) is 0 Å². The maximum Gasteiger partial charge on any atom is 0.256 e. The Morgan fingerprint density at radius 2 is 1.86 bits per heavy atom. The van der Waals surface area contributed by atoms with Gasteiger partial charge in [-0.3, -0.25) is 9.78 Å². The highest BCUT2D eigenvalue weighted by molar-refractivity contribution is 6.12. The Morgan fingerprint density at radius 1 is 1.09 bits per heavy atom. The molecule has 0 radical (unpaired) electrons. The zero-order chi connectivity index (χ0) is 15.7. The number of para-hydroxylation sites is 1. The van der Waals surface area contributed by atoms with Gasteiger partial charge in [0.25, 0.3) is 5.91 Å². The lowest BCUT2D eigenvalue weighted by molar-refractivity contribution is 0.102. The van der Waals surface area contributed by atoms with Crippen molar-refractivity contribution in [3.63, 3.8) is 0 Å². The highest BCUT2D eigenvalue weighted by Gasteiger charge is 2.13. The number of hydrogen-bond donors (Lipinski definition) is 2. The molecule has 0 unspecified atom stereocenters. The summed E-state index contributed by atoms with van der Waals surface area (Å²) in [6.45, 7) is 3.73. The first-order valence-electron chi connectivity index (χ1n) is 7.02. The molecule has 0 saturated heterocycles. The molecule has 1 amide bonds. The number of aromatic nitrogens is 1. The summed E-state index contributed by atoms with van der Waals surface area (Å²) in [6, 6.07) is 14.4. The molecular formula is C18H16N2O2. The van der Waals surface area contributed by atoms with Gasteiger partial charge in [-0.2, -0.15) is 0 Å². The third-order valence-electron chi connectivity index (χ3n) is 3.49. The van der Waals surface area contributed by atoms with E-state index < -0.39 is 0 Å². The lowest BCUT2D eigenvalue weighted by Gasteiger charge is -2.10. The lowest BCUT2D eigenvalue weighted by Crippen LogP contribution is -2.13. The molecular weight excluding hydrogens is 276 g/mol. The van der Waals surface area contributed by atoms with Gasteiger partial charge in [0.1, 0.15) is 5.75 Å². The molecule has 0 spiro atoms. The highest BCUT2D eigenvalue weighted by atomic mass is 16.3. The first kappa shape index (κ1) is 14.1. The maximum atomic E-state index is 12.6. The van der Waals surface area contributed by atoms with Gasteiger partial charge in [0.2, 0.25) is 0 Å². The van der Waals surface area contributed by atoms with E-state index in [9.17, 15) is 9.90 Å². The number of hydrogen-bond acceptors (Lipinski definition) is 3. The number of carbonyl (C=O) groups excluding carboxylic acids is 1. The summed E-state index contributed by atoms with van der Waals surface area (Å²) in [7, 11) is 0. The van der Waals surface area contributed by atoms with Crippen LogP contribution in [0.4, 0.5) is 5.69 Å². The third-order valence-corrected chi connectivity index (χ3v) is 3.49. The molecule has 4 heteroatoms. The Kier molecular flexibility index (Phi) is 3.51. The Morgan fingerprint density at radius 3 is 2.64 bits per heavy atom. The number of nitrogens with zero attached hydrogens (tertiary/aromatic N) is 1. The van der Waals surface area contributed by atoms with Crippen molar-refractivity contribution in [3.05, 3.63) is 65.4 Å². The number of aryl methyl sites for hydroxylation is 2. The molecule has 1 heterocycles. The molecule has 3 rings (SSSR count). The van der Waals surface area contributed by atoms with Gasteiger partial charge in [-0.15, -0.1) is 0 Å². The second kappa shape index (κ2) is 5.48. The monoisotopic (exact) mass is 292 g/mol. The third kappa shape index (κ3) is 2.63. The van der Waals surface area contributed by atoms with Gasteiger partial charge < -0.3 is 10.4 Å². The van der Waals surface area contributed by atoms with Gasteiger partial charge >= 0.3 is 0 Å². The van der Waals surface area contributed by atoms with E-state index >= 15 is 0 Å². The fraction of sp³-hybridized carbons (Fsp3) is 0.111. The van der Waals surface area contributed by atoms with E-state index in [2.05, 4.69) is 10.3 Å². The molecule has 0 fully saturated rings. The van der Waals surface area contributed by atoms with Crippen LogP contribution in [-0.2, 0) is 0 Å². The van der Waals surface area contributed by atoms with Crippen molar-refractivity contribution < 1.29 is 9.90 Å². The molecule has 4 nitrogen and oxygen atoms in total. The Balaban J connectivity index is 2.02. The van der Waals surface area contributed by atoms with E-state index in [1.807, 2.05) is 44.2 Å². The largest absolute Gasteiger partial charge is 0.506 e. The lowest BCUT2D eigenvalue weighted by atomic mass is 10.1. The molecule has 2 N–H and O–H groups in total. The number of phenolic OH excluding ortho intramolecular Hbond substituents is 1. The number of phenols is 1. The quantitative estimate of drug-likeness (QED) is 0.706. The van der Waals surface area contributed by atoms with Gasteiger partial charge in [-0.1, -0.05) is 24.3 Å². The molecule has 1 aromatic heterocycles. The number of anilines is 1. The smallest absolute Gasteiger partial charge is 0.256 e. The van der Waals surface area contributed by atoms with Crippen molar-refractivity contribution >= 4 is 22.5 Å². The van der Waals surface area contributed by atoms with Crippen molar-refractivity contribution in [2.24, 2.45) is 0 Å². The predicted molar refractivity (Wildman–Crippen MR) is 87.3 cm³/mol. The summed E-state index contributed by atoms with van der Waals surface area (Å²) in [5.74, 6) is -0.204. The van der Waals surface area contributed by atoms with E-state index in [0.717, 1.165) is 22.2 Å². The number of carbonyl (C=O) groups is 1. The van der Waals surface area contributed by atoms with Crippen LogP contribution in [0.3, 0.4) is 0 Å². The maximum absolute atomic E-state index is 12.6. The SMILES string of the molecule is Cc1ccc(NC(=O)c2cc(C)nc3ccccc23)c(O)c1. The zero-order valence-electron chi connectivity index (χ0n) is 12.4. The van der Waals surface area contributed by atoms with Crippen LogP contribution in [0.1, 0.15) is 21.6 Å². The number of rotatable bonds is 2. The number of pyridine rings is 1. The molecule has 3 aromatic rings. The van der Waals surface area contributed by atoms with Gasteiger partial charge in [-0.25, -0.2) is 0 Å². The number of aromatic hydroxyl groups is 1. The van der Waals surface area contributed by atoms with E-state index in [0.29, 0.717) is 11.3 Å². The molecule has 22 heavy (non-hydrogen) atoms. The summed E-state index contributed by atoms with van der Waals surface area (Å²) < 4.78 is 0. The van der Waals surface area contributed by atoms with Crippen molar-refractivity contribution in [2.45, 2.75) is 13.8 Å². The van der Waals surface area contributed by atoms with Gasteiger partial charge in [0.05, 0.1) is 16.8 Å². The molecule has 0 aliphatic heterocycles. The molecule has 0 atom stereocenters. The van der Waals surface area contributed by atoms with Crippen molar-refractivity contribution in [1.29, 1.82) is 0 Å². The number of benzene rings is 2. The Hall–Kier alpha value is -2.88. The minimum absolute atomic E-state index is 0.0587. The number of nitrogens with one attached hydrogen (secondary N) is 1. The topological polar surface area (TPSA) is 62.2 Å². The van der Waals surface area contributed by atoms with Crippen LogP contribution in [0.5, 0.6) is 5.75 Å². The summed E-state index contributed by atoms with van der Waals surface area (Å²) in [5, 5.41) is 13.5. The summed E-state index contributed by atoms with van der Waals surface area (Å²) in [4.78, 5) is 17.0.